The number of nitrogens with zero attached hydrogens (tertiary/aromatic N) is 2. The van der Waals surface area contributed by atoms with Crippen LogP contribution < -0.4 is 10.6 Å². The molecule has 0 radical (unpaired) electrons. The highest BCUT2D eigenvalue weighted by Gasteiger charge is 2.08. The fourth-order valence-corrected chi connectivity index (χ4v) is 4.66. The second kappa shape index (κ2) is 9.33. The first-order valence-electron chi connectivity index (χ1n) is 7.47. The Morgan fingerprint density at radius 3 is 2.96 bits per heavy atom. The minimum absolute atomic E-state index is 0.0643. The van der Waals surface area contributed by atoms with Crippen LogP contribution in [0.1, 0.15) is 4.88 Å². The number of thiophene rings is 1. The molecule has 25 heavy (non-hydrogen) atoms. The molecule has 0 spiro atoms. The Morgan fingerprint density at radius 2 is 2.16 bits per heavy atom. The number of benzene rings is 1. The number of carbonyl (C=O) groups is 1. The van der Waals surface area contributed by atoms with E-state index in [4.69, 9.17) is 0 Å². The molecule has 130 valence electrons. The first-order chi connectivity index (χ1) is 12.2. The van der Waals surface area contributed by atoms with Crippen LogP contribution in [-0.4, -0.2) is 28.4 Å². The molecular formula is C16H15BrN4OS3. The van der Waals surface area contributed by atoms with Crippen molar-refractivity contribution in [2.45, 2.75) is 10.8 Å². The predicted octanol–water partition coefficient (Wildman–Crippen LogP) is 4.75. The third-order valence-electron chi connectivity index (χ3n) is 3.07. The molecule has 0 fully saturated rings. The molecule has 3 rings (SSSR count). The SMILES string of the molecule is O=C(CSc1nnc(NCCc2cccs2)s1)Nc1cccc(Br)c1. The zero-order valence-corrected chi connectivity index (χ0v) is 17.1. The zero-order valence-electron chi connectivity index (χ0n) is 13.1. The van der Waals surface area contributed by atoms with E-state index in [1.165, 1.54) is 28.0 Å². The molecule has 3 aromatic rings. The molecular weight excluding hydrogens is 440 g/mol. The Kier molecular flexibility index (Phi) is 6.85. The lowest BCUT2D eigenvalue weighted by Crippen LogP contribution is -2.13. The van der Waals surface area contributed by atoms with Gasteiger partial charge in [0.25, 0.3) is 0 Å². The lowest BCUT2D eigenvalue weighted by molar-refractivity contribution is -0.113. The average molecular weight is 455 g/mol. The molecule has 0 atom stereocenters. The highest BCUT2D eigenvalue weighted by molar-refractivity contribution is 9.10. The van der Waals surface area contributed by atoms with Gasteiger partial charge in [0.05, 0.1) is 5.75 Å². The fourth-order valence-electron chi connectivity index (χ4n) is 1.98. The molecule has 0 saturated heterocycles. The molecule has 0 aliphatic heterocycles. The van der Waals surface area contributed by atoms with Crippen LogP contribution in [-0.2, 0) is 11.2 Å². The smallest absolute Gasteiger partial charge is 0.234 e. The number of amides is 1. The summed E-state index contributed by atoms with van der Waals surface area (Å²) in [6, 6.07) is 11.7. The first kappa shape index (κ1) is 18.4. The maximum absolute atomic E-state index is 12.0. The molecule has 1 aromatic carbocycles. The lowest BCUT2D eigenvalue weighted by atomic mass is 10.3. The molecule has 5 nitrogen and oxygen atoms in total. The van der Waals surface area contributed by atoms with Crippen LogP contribution in [0.25, 0.3) is 0 Å². The van der Waals surface area contributed by atoms with Gasteiger partial charge in [0, 0.05) is 21.6 Å². The Hall–Kier alpha value is -1.42. The molecule has 0 bridgehead atoms. The Balaban J connectivity index is 1.41. The van der Waals surface area contributed by atoms with Crippen molar-refractivity contribution in [2.75, 3.05) is 22.9 Å². The van der Waals surface area contributed by atoms with Gasteiger partial charge in [-0.25, -0.2) is 0 Å². The summed E-state index contributed by atoms with van der Waals surface area (Å²) >= 11 is 7.99. The van der Waals surface area contributed by atoms with E-state index in [0.29, 0.717) is 5.75 Å². The van der Waals surface area contributed by atoms with Gasteiger partial charge in [-0.3, -0.25) is 4.79 Å². The molecule has 1 amide bonds. The largest absolute Gasteiger partial charge is 0.360 e. The summed E-state index contributed by atoms with van der Waals surface area (Å²) in [6.45, 7) is 0.823. The number of carbonyl (C=O) groups excluding carboxylic acids is 1. The van der Waals surface area contributed by atoms with E-state index < -0.39 is 0 Å². The number of hydrogen-bond acceptors (Lipinski definition) is 7. The van der Waals surface area contributed by atoms with E-state index in [2.05, 4.69) is 54.3 Å². The average Bonchev–Trinajstić information content (AvgIpc) is 3.25. The summed E-state index contributed by atoms with van der Waals surface area (Å²) in [5, 5.41) is 17.2. The molecule has 2 N–H and O–H groups in total. The molecule has 2 aromatic heterocycles. The monoisotopic (exact) mass is 454 g/mol. The van der Waals surface area contributed by atoms with Gasteiger partial charge in [0.1, 0.15) is 0 Å². The third kappa shape index (κ3) is 6.10. The topological polar surface area (TPSA) is 66.9 Å². The Bertz CT molecular complexity index is 822. The molecule has 0 aliphatic rings. The first-order valence-corrected chi connectivity index (χ1v) is 10.9. The van der Waals surface area contributed by atoms with Crippen molar-refractivity contribution in [1.29, 1.82) is 0 Å². The van der Waals surface area contributed by atoms with E-state index in [1.807, 2.05) is 24.3 Å². The fraction of sp³-hybridized carbons (Fsp3) is 0.188. The summed E-state index contributed by atoms with van der Waals surface area (Å²) in [5.41, 5.74) is 0.771. The molecule has 2 heterocycles. The Morgan fingerprint density at radius 1 is 1.24 bits per heavy atom. The van der Waals surface area contributed by atoms with Crippen LogP contribution in [0.3, 0.4) is 0 Å². The summed E-state index contributed by atoms with van der Waals surface area (Å²) in [5.74, 6) is 0.238. The Labute approximate surface area is 166 Å². The molecule has 9 heteroatoms. The summed E-state index contributed by atoms with van der Waals surface area (Å²) < 4.78 is 1.71. The van der Waals surface area contributed by atoms with Gasteiger partial charge in [0.15, 0.2) is 4.34 Å². The van der Waals surface area contributed by atoms with E-state index >= 15 is 0 Å². The van der Waals surface area contributed by atoms with Gasteiger partial charge >= 0.3 is 0 Å². The van der Waals surface area contributed by atoms with Crippen molar-refractivity contribution >= 4 is 67.1 Å². The van der Waals surface area contributed by atoms with Crippen molar-refractivity contribution in [2.24, 2.45) is 0 Å². The number of halogens is 1. The number of rotatable bonds is 8. The van der Waals surface area contributed by atoms with Crippen molar-refractivity contribution in [3.05, 3.63) is 51.1 Å². The van der Waals surface area contributed by atoms with Gasteiger partial charge in [-0.2, -0.15) is 0 Å². The third-order valence-corrected chi connectivity index (χ3v) is 6.51. The van der Waals surface area contributed by atoms with Gasteiger partial charge in [-0.05, 0) is 36.1 Å². The van der Waals surface area contributed by atoms with Gasteiger partial charge in [-0.1, -0.05) is 51.2 Å². The van der Waals surface area contributed by atoms with Gasteiger partial charge < -0.3 is 10.6 Å². The molecule has 0 saturated carbocycles. The van der Waals surface area contributed by atoms with Crippen molar-refractivity contribution in [3.8, 4) is 0 Å². The van der Waals surface area contributed by atoms with Crippen LogP contribution in [0.2, 0.25) is 0 Å². The van der Waals surface area contributed by atoms with Crippen LogP contribution in [0.4, 0.5) is 10.8 Å². The van der Waals surface area contributed by atoms with Crippen molar-refractivity contribution < 1.29 is 4.79 Å². The highest BCUT2D eigenvalue weighted by atomic mass is 79.9. The predicted molar refractivity (Wildman–Crippen MR) is 110 cm³/mol. The van der Waals surface area contributed by atoms with Crippen LogP contribution in [0.15, 0.2) is 50.6 Å². The summed E-state index contributed by atoms with van der Waals surface area (Å²) in [4.78, 5) is 13.3. The number of aromatic nitrogens is 2. The van der Waals surface area contributed by atoms with Gasteiger partial charge in [0.2, 0.25) is 11.0 Å². The van der Waals surface area contributed by atoms with Crippen LogP contribution >= 0.6 is 50.4 Å². The maximum Gasteiger partial charge on any atom is 0.234 e. The van der Waals surface area contributed by atoms with E-state index in [9.17, 15) is 4.79 Å². The van der Waals surface area contributed by atoms with E-state index in [1.54, 1.807) is 11.3 Å². The number of hydrogen-bond donors (Lipinski definition) is 2. The van der Waals surface area contributed by atoms with E-state index in [-0.39, 0.29) is 5.91 Å². The van der Waals surface area contributed by atoms with Gasteiger partial charge in [-0.15, -0.1) is 21.5 Å². The van der Waals surface area contributed by atoms with E-state index in [0.717, 1.165) is 32.6 Å². The number of thioether (sulfide) groups is 1. The highest BCUT2D eigenvalue weighted by Crippen LogP contribution is 2.25. The summed E-state index contributed by atoms with van der Waals surface area (Å²) in [6.07, 6.45) is 0.967. The summed E-state index contributed by atoms with van der Waals surface area (Å²) in [7, 11) is 0. The maximum atomic E-state index is 12.0. The number of nitrogens with one attached hydrogen (secondary N) is 2. The second-order valence-corrected chi connectivity index (χ2v) is 9.12. The zero-order chi connectivity index (χ0) is 17.5. The lowest BCUT2D eigenvalue weighted by Gasteiger charge is -2.04. The van der Waals surface area contributed by atoms with Crippen molar-refractivity contribution in [3.63, 3.8) is 0 Å². The standard InChI is InChI=1S/C16H15BrN4OS3/c17-11-3-1-4-12(9-11)19-14(22)10-24-16-21-20-15(25-16)18-7-6-13-5-2-8-23-13/h1-5,8-9H,6-7,10H2,(H,18,20)(H,19,22). The minimum atomic E-state index is -0.0643. The van der Waals surface area contributed by atoms with Crippen LogP contribution in [0.5, 0.6) is 0 Å². The van der Waals surface area contributed by atoms with Crippen molar-refractivity contribution in [1.82, 2.24) is 10.2 Å². The molecule has 0 aliphatic carbocycles. The second-order valence-electron chi connectivity index (χ2n) is 4.98. The normalized spacial score (nSPS) is 10.6. The molecule has 0 unspecified atom stereocenters. The minimum Gasteiger partial charge on any atom is -0.360 e. The number of anilines is 2. The quantitative estimate of drug-likeness (QED) is 0.480. The van der Waals surface area contributed by atoms with Crippen LogP contribution in [0, 0.1) is 0 Å².